The third-order valence-corrected chi connectivity index (χ3v) is 4.55. The first kappa shape index (κ1) is 21.4. The molecule has 0 aliphatic rings. The van der Waals surface area contributed by atoms with Crippen LogP contribution in [0.25, 0.3) is 0 Å². The number of alkyl halides is 1. The van der Waals surface area contributed by atoms with Crippen LogP contribution in [-0.2, 0) is 19.6 Å². The zero-order valence-electron chi connectivity index (χ0n) is 15.2. The number of nitrogens with one attached hydrogen (secondary N) is 1. The molecule has 6 nitrogen and oxygen atoms in total. The Morgan fingerprint density at radius 3 is 2.20 bits per heavy atom. The molecule has 142 valence electrons. The van der Waals surface area contributed by atoms with Crippen LogP contribution in [0.4, 0.5) is 4.39 Å². The second kappa shape index (κ2) is 8.62. The molecule has 0 unspecified atom stereocenters. The highest BCUT2D eigenvalue weighted by Crippen LogP contribution is 2.18. The Morgan fingerprint density at radius 1 is 1.20 bits per heavy atom. The van der Waals surface area contributed by atoms with E-state index in [1.807, 2.05) is 0 Å². The number of sulfonamides is 1. The standard InChI is InChI=1S/C17H26FNO5S/c1-12(2)15(16(20)24-17(3,4)5)19-25(21,22)14-8-6-13(7-9-14)23-11-10-18/h6-9,12,15,19H,10-11H2,1-5H3/t15-/m1/s1. The highest BCUT2D eigenvalue weighted by atomic mass is 32.2. The van der Waals surface area contributed by atoms with E-state index >= 15 is 0 Å². The van der Waals surface area contributed by atoms with Crippen LogP contribution in [0.5, 0.6) is 5.75 Å². The summed E-state index contributed by atoms with van der Waals surface area (Å²) in [6.45, 7) is 7.87. The van der Waals surface area contributed by atoms with Gasteiger partial charge in [0.05, 0.1) is 4.90 Å². The van der Waals surface area contributed by atoms with Crippen LogP contribution in [0, 0.1) is 5.92 Å². The molecule has 0 fully saturated rings. The van der Waals surface area contributed by atoms with Gasteiger partial charge in [0.1, 0.15) is 30.7 Å². The molecule has 1 aromatic carbocycles. The minimum Gasteiger partial charge on any atom is -0.491 e. The normalized spacial score (nSPS) is 13.6. The number of benzene rings is 1. The maximum atomic E-state index is 12.5. The van der Waals surface area contributed by atoms with Gasteiger partial charge in [-0.3, -0.25) is 4.79 Å². The van der Waals surface area contributed by atoms with E-state index in [-0.39, 0.29) is 17.4 Å². The molecule has 0 aromatic heterocycles. The highest BCUT2D eigenvalue weighted by Gasteiger charge is 2.32. The van der Waals surface area contributed by atoms with Crippen LogP contribution in [-0.4, -0.2) is 39.3 Å². The van der Waals surface area contributed by atoms with Gasteiger partial charge in [-0.25, -0.2) is 12.8 Å². The van der Waals surface area contributed by atoms with Crippen LogP contribution in [0.2, 0.25) is 0 Å². The molecular weight excluding hydrogens is 349 g/mol. The minimum atomic E-state index is -3.92. The van der Waals surface area contributed by atoms with Gasteiger partial charge in [0.25, 0.3) is 0 Å². The largest absolute Gasteiger partial charge is 0.491 e. The van der Waals surface area contributed by atoms with Gasteiger partial charge >= 0.3 is 5.97 Å². The summed E-state index contributed by atoms with van der Waals surface area (Å²) in [7, 11) is -3.92. The first-order chi connectivity index (χ1) is 11.5. The van der Waals surface area contributed by atoms with Crippen LogP contribution in [0.3, 0.4) is 0 Å². The molecule has 1 aromatic rings. The van der Waals surface area contributed by atoms with Crippen molar-refractivity contribution in [2.75, 3.05) is 13.3 Å². The number of carbonyl (C=O) groups excluding carboxylic acids is 1. The van der Waals surface area contributed by atoms with Crippen LogP contribution in [0.15, 0.2) is 29.2 Å². The molecule has 0 radical (unpaired) electrons. The van der Waals surface area contributed by atoms with E-state index in [2.05, 4.69) is 4.72 Å². The summed E-state index contributed by atoms with van der Waals surface area (Å²) in [5, 5.41) is 0. The zero-order valence-corrected chi connectivity index (χ0v) is 16.0. The third-order valence-electron chi connectivity index (χ3n) is 3.09. The third kappa shape index (κ3) is 6.99. The minimum absolute atomic E-state index is 0.0192. The van der Waals surface area contributed by atoms with Gasteiger partial charge in [-0.05, 0) is 51.0 Å². The number of hydrogen-bond acceptors (Lipinski definition) is 5. The predicted octanol–water partition coefficient (Wildman–Crippen LogP) is 2.68. The van der Waals surface area contributed by atoms with Gasteiger partial charge < -0.3 is 9.47 Å². The summed E-state index contributed by atoms with van der Waals surface area (Å²) in [5.74, 6) is -0.560. The molecule has 0 heterocycles. The van der Waals surface area contributed by atoms with E-state index in [0.717, 1.165) is 0 Å². The lowest BCUT2D eigenvalue weighted by molar-refractivity contribution is -0.158. The first-order valence-electron chi connectivity index (χ1n) is 8.00. The van der Waals surface area contributed by atoms with Gasteiger partial charge in [0.2, 0.25) is 10.0 Å². The summed E-state index contributed by atoms with van der Waals surface area (Å²) < 4.78 is 49.9. The molecule has 0 saturated heterocycles. The second-order valence-electron chi connectivity index (χ2n) is 6.89. The molecule has 25 heavy (non-hydrogen) atoms. The van der Waals surface area contributed by atoms with E-state index in [1.165, 1.54) is 24.3 Å². The van der Waals surface area contributed by atoms with Gasteiger partial charge in [0, 0.05) is 0 Å². The average molecular weight is 375 g/mol. The molecular formula is C17H26FNO5S. The smallest absolute Gasteiger partial charge is 0.324 e. The van der Waals surface area contributed by atoms with Crippen LogP contribution < -0.4 is 9.46 Å². The molecule has 0 aliphatic carbocycles. The van der Waals surface area contributed by atoms with E-state index in [9.17, 15) is 17.6 Å². The van der Waals surface area contributed by atoms with Crippen molar-refractivity contribution >= 4 is 16.0 Å². The van der Waals surface area contributed by atoms with Crippen molar-refractivity contribution in [3.63, 3.8) is 0 Å². The number of ether oxygens (including phenoxy) is 2. The lowest BCUT2D eigenvalue weighted by Crippen LogP contribution is -2.47. The molecule has 0 bridgehead atoms. The number of carbonyl (C=O) groups is 1. The van der Waals surface area contributed by atoms with E-state index in [0.29, 0.717) is 5.75 Å². The Kier molecular flexibility index (Phi) is 7.37. The Labute approximate surface area is 148 Å². The van der Waals surface area contributed by atoms with Crippen molar-refractivity contribution in [1.82, 2.24) is 4.72 Å². The zero-order chi connectivity index (χ0) is 19.3. The monoisotopic (exact) mass is 375 g/mol. The molecule has 0 amide bonds. The number of rotatable bonds is 8. The summed E-state index contributed by atoms with van der Waals surface area (Å²) in [4.78, 5) is 12.3. The second-order valence-corrected chi connectivity index (χ2v) is 8.60. The van der Waals surface area contributed by atoms with Gasteiger partial charge in [-0.2, -0.15) is 4.72 Å². The predicted molar refractivity (Wildman–Crippen MR) is 92.7 cm³/mol. The average Bonchev–Trinajstić information content (AvgIpc) is 2.49. The highest BCUT2D eigenvalue weighted by molar-refractivity contribution is 7.89. The number of halogens is 1. The quantitative estimate of drug-likeness (QED) is 0.707. The lowest BCUT2D eigenvalue weighted by Gasteiger charge is -2.26. The van der Waals surface area contributed by atoms with Crippen molar-refractivity contribution in [2.24, 2.45) is 5.92 Å². The molecule has 8 heteroatoms. The fourth-order valence-electron chi connectivity index (χ4n) is 1.93. The first-order valence-corrected chi connectivity index (χ1v) is 9.48. The van der Waals surface area contributed by atoms with Crippen LogP contribution in [0.1, 0.15) is 34.6 Å². The molecule has 1 rings (SSSR count). The van der Waals surface area contributed by atoms with Crippen molar-refractivity contribution in [3.8, 4) is 5.75 Å². The molecule has 0 aliphatic heterocycles. The summed E-state index contributed by atoms with van der Waals surface area (Å²) in [6, 6.07) is 4.53. The maximum absolute atomic E-state index is 12.5. The van der Waals surface area contributed by atoms with E-state index in [1.54, 1.807) is 34.6 Å². The molecule has 1 atom stereocenters. The fraction of sp³-hybridized carbons (Fsp3) is 0.588. The summed E-state index contributed by atoms with van der Waals surface area (Å²) >= 11 is 0. The SMILES string of the molecule is CC(C)[C@@H](NS(=O)(=O)c1ccc(OCCF)cc1)C(=O)OC(C)(C)C. The number of hydrogen-bond donors (Lipinski definition) is 1. The van der Waals surface area contributed by atoms with Crippen molar-refractivity contribution < 1.29 is 27.1 Å². The Balaban J connectivity index is 2.94. The fourth-order valence-corrected chi connectivity index (χ4v) is 3.26. The lowest BCUT2D eigenvalue weighted by atomic mass is 10.1. The van der Waals surface area contributed by atoms with Gasteiger partial charge in [0.15, 0.2) is 0 Å². The van der Waals surface area contributed by atoms with Gasteiger partial charge in [-0.15, -0.1) is 0 Å². The topological polar surface area (TPSA) is 81.7 Å². The summed E-state index contributed by atoms with van der Waals surface area (Å²) in [6.07, 6.45) is 0. The molecule has 0 spiro atoms. The van der Waals surface area contributed by atoms with Crippen molar-refractivity contribution in [1.29, 1.82) is 0 Å². The Morgan fingerprint density at radius 2 is 1.76 bits per heavy atom. The Bertz CT molecular complexity index is 665. The van der Waals surface area contributed by atoms with E-state index in [4.69, 9.17) is 9.47 Å². The molecule has 0 saturated carbocycles. The summed E-state index contributed by atoms with van der Waals surface area (Å²) in [5.41, 5.74) is -0.717. The Hall–Kier alpha value is -1.67. The van der Waals surface area contributed by atoms with Crippen molar-refractivity contribution in [2.45, 2.75) is 51.2 Å². The van der Waals surface area contributed by atoms with Crippen LogP contribution >= 0.6 is 0 Å². The maximum Gasteiger partial charge on any atom is 0.324 e. The molecule has 1 N–H and O–H groups in total. The van der Waals surface area contributed by atoms with Crippen molar-refractivity contribution in [3.05, 3.63) is 24.3 Å². The number of esters is 1. The van der Waals surface area contributed by atoms with Gasteiger partial charge in [-0.1, -0.05) is 13.8 Å². The van der Waals surface area contributed by atoms with E-state index < -0.39 is 34.3 Å².